The number of aromatic nitrogens is 3. The summed E-state index contributed by atoms with van der Waals surface area (Å²) in [6.45, 7) is 1.68. The number of ether oxygens (including phenoxy) is 1. The Morgan fingerprint density at radius 3 is 2.16 bits per heavy atom. The second kappa shape index (κ2) is 12.2. The van der Waals surface area contributed by atoms with Crippen LogP contribution in [0.2, 0.25) is 0 Å². The molecule has 5 aromatic rings. The van der Waals surface area contributed by atoms with Crippen molar-refractivity contribution in [3.05, 3.63) is 113 Å². The van der Waals surface area contributed by atoms with E-state index in [4.69, 9.17) is 4.74 Å². The first-order chi connectivity index (χ1) is 20.7. The monoisotopic (exact) mass is 597 g/mol. The van der Waals surface area contributed by atoms with Gasteiger partial charge in [0.15, 0.2) is 6.10 Å². The van der Waals surface area contributed by atoms with E-state index >= 15 is 0 Å². The van der Waals surface area contributed by atoms with Crippen molar-refractivity contribution in [3.8, 4) is 11.1 Å². The third-order valence-corrected chi connectivity index (χ3v) is 8.04. The Hall–Kier alpha value is -5.36. The Morgan fingerprint density at radius 1 is 0.884 bits per heavy atom. The van der Waals surface area contributed by atoms with Crippen LogP contribution in [0.15, 0.2) is 107 Å². The molecule has 1 amide bonds. The maximum atomic E-state index is 13.6. The lowest BCUT2D eigenvalue weighted by molar-refractivity contribution is -0.124. The number of pyridine rings is 1. The first-order valence-corrected chi connectivity index (χ1v) is 14.8. The van der Waals surface area contributed by atoms with Crippen LogP contribution in [0.1, 0.15) is 23.8 Å². The van der Waals surface area contributed by atoms with Crippen molar-refractivity contribution in [2.75, 3.05) is 10.0 Å². The van der Waals surface area contributed by atoms with E-state index in [1.165, 1.54) is 48.3 Å². The van der Waals surface area contributed by atoms with E-state index in [1.54, 1.807) is 37.3 Å². The van der Waals surface area contributed by atoms with Gasteiger partial charge in [0.1, 0.15) is 5.69 Å². The molecule has 2 heterocycles. The number of nitrogens with one attached hydrogen (secondary N) is 2. The van der Waals surface area contributed by atoms with Crippen molar-refractivity contribution in [1.29, 1.82) is 0 Å². The van der Waals surface area contributed by atoms with Crippen molar-refractivity contribution in [1.82, 2.24) is 14.5 Å². The molecule has 0 saturated heterocycles. The van der Waals surface area contributed by atoms with Gasteiger partial charge in [-0.1, -0.05) is 55.5 Å². The molecule has 12 heteroatoms. The first kappa shape index (κ1) is 29.1. The van der Waals surface area contributed by atoms with Crippen molar-refractivity contribution in [3.63, 3.8) is 0 Å². The van der Waals surface area contributed by atoms with Crippen molar-refractivity contribution >= 4 is 44.3 Å². The molecule has 1 unspecified atom stereocenters. The third kappa shape index (κ3) is 6.14. The minimum atomic E-state index is -3.96. The molecular weight excluding hydrogens is 570 g/mol. The molecular formula is C31H27N5O6S. The average Bonchev–Trinajstić information content (AvgIpc) is 3.02. The zero-order valence-corrected chi connectivity index (χ0v) is 24.0. The molecule has 0 aliphatic carbocycles. The number of carbonyl (C=O) groups excluding carboxylic acids is 2. The zero-order valence-electron chi connectivity index (χ0n) is 23.2. The lowest BCUT2D eigenvalue weighted by Crippen LogP contribution is -2.34. The summed E-state index contributed by atoms with van der Waals surface area (Å²) < 4.78 is 34.5. The number of nitrogens with zero attached hydrogens (tertiary/aromatic N) is 3. The van der Waals surface area contributed by atoms with Crippen LogP contribution in [-0.2, 0) is 26.6 Å². The van der Waals surface area contributed by atoms with Gasteiger partial charge in [0, 0.05) is 36.1 Å². The standard InChI is InChI=1S/C31H27N5O6S/c1-3-25(28(37)34-21-14-16-22(17-15-21)43(40,41)35-31-32-18-9-19-33-31)42-30(39)27-26(20-10-5-4-6-11-20)23-12-7-8-13-24(23)29(38)36(27)2/h4-19,25H,3H2,1-2H3,(H,34,37)(H,32,33,35). The van der Waals surface area contributed by atoms with Crippen LogP contribution >= 0.6 is 0 Å². The zero-order chi connectivity index (χ0) is 30.6. The Bertz CT molecular complexity index is 1960. The average molecular weight is 598 g/mol. The van der Waals surface area contributed by atoms with Crippen molar-refractivity contribution in [2.45, 2.75) is 24.3 Å². The van der Waals surface area contributed by atoms with Crippen LogP contribution in [0.4, 0.5) is 11.6 Å². The van der Waals surface area contributed by atoms with Crippen LogP contribution in [0, 0.1) is 0 Å². The maximum Gasteiger partial charge on any atom is 0.356 e. The number of carbonyl (C=O) groups is 2. The summed E-state index contributed by atoms with van der Waals surface area (Å²) in [6.07, 6.45) is 1.76. The van der Waals surface area contributed by atoms with E-state index in [1.807, 2.05) is 30.3 Å². The molecule has 5 rings (SSSR count). The minimum absolute atomic E-state index is 0.0191. The number of rotatable bonds is 9. The number of hydrogen-bond acceptors (Lipinski definition) is 8. The molecule has 2 N–H and O–H groups in total. The topological polar surface area (TPSA) is 149 Å². The molecule has 0 aliphatic heterocycles. The molecule has 43 heavy (non-hydrogen) atoms. The summed E-state index contributed by atoms with van der Waals surface area (Å²) in [4.78, 5) is 47.6. The summed E-state index contributed by atoms with van der Waals surface area (Å²) >= 11 is 0. The number of sulfonamides is 1. The van der Waals surface area contributed by atoms with E-state index in [9.17, 15) is 22.8 Å². The van der Waals surface area contributed by atoms with E-state index in [-0.39, 0.29) is 34.2 Å². The fourth-order valence-electron chi connectivity index (χ4n) is 4.58. The molecule has 11 nitrogen and oxygen atoms in total. The van der Waals surface area contributed by atoms with Crippen LogP contribution < -0.4 is 15.6 Å². The van der Waals surface area contributed by atoms with Crippen LogP contribution in [0.5, 0.6) is 0 Å². The van der Waals surface area contributed by atoms with Gasteiger partial charge < -0.3 is 14.6 Å². The highest BCUT2D eigenvalue weighted by Crippen LogP contribution is 2.31. The summed E-state index contributed by atoms with van der Waals surface area (Å²) in [6, 6.07) is 23.2. The van der Waals surface area contributed by atoms with Gasteiger partial charge in [-0.2, -0.15) is 0 Å². The lowest BCUT2D eigenvalue weighted by Gasteiger charge is -2.20. The van der Waals surface area contributed by atoms with Gasteiger partial charge >= 0.3 is 5.97 Å². The molecule has 0 fully saturated rings. The van der Waals surface area contributed by atoms with Gasteiger partial charge in [-0.05, 0) is 53.8 Å². The van der Waals surface area contributed by atoms with Gasteiger partial charge in [0.25, 0.3) is 21.5 Å². The Labute approximate surface area is 247 Å². The Kier molecular flexibility index (Phi) is 8.30. The number of anilines is 2. The summed E-state index contributed by atoms with van der Waals surface area (Å²) in [5.41, 5.74) is 1.16. The highest BCUT2D eigenvalue weighted by molar-refractivity contribution is 7.92. The van der Waals surface area contributed by atoms with E-state index < -0.39 is 28.0 Å². The second-order valence-corrected chi connectivity index (χ2v) is 11.2. The molecule has 0 spiro atoms. The molecule has 1 atom stereocenters. The highest BCUT2D eigenvalue weighted by Gasteiger charge is 2.28. The highest BCUT2D eigenvalue weighted by atomic mass is 32.2. The number of benzene rings is 3. The summed E-state index contributed by atoms with van der Waals surface area (Å²) in [5.74, 6) is -1.53. The maximum absolute atomic E-state index is 13.6. The summed E-state index contributed by atoms with van der Waals surface area (Å²) in [7, 11) is -2.47. The van der Waals surface area contributed by atoms with Crippen LogP contribution in [-0.4, -0.2) is 40.9 Å². The molecule has 0 radical (unpaired) electrons. The van der Waals surface area contributed by atoms with Crippen molar-refractivity contribution < 1.29 is 22.7 Å². The SMILES string of the molecule is CCC(OC(=O)c1c(-c2ccccc2)c2ccccc2c(=O)n1C)C(=O)Nc1ccc(S(=O)(=O)Nc2ncccn2)cc1. The smallest absolute Gasteiger partial charge is 0.356 e. The number of fused-ring (bicyclic) bond motifs is 1. The minimum Gasteiger partial charge on any atom is -0.448 e. The van der Waals surface area contributed by atoms with Crippen LogP contribution in [0.25, 0.3) is 21.9 Å². The number of amides is 1. The Morgan fingerprint density at radius 2 is 1.51 bits per heavy atom. The normalized spacial score (nSPS) is 12.0. The van der Waals surface area contributed by atoms with Gasteiger partial charge in [0.05, 0.1) is 4.90 Å². The number of hydrogen-bond donors (Lipinski definition) is 2. The van der Waals surface area contributed by atoms with Gasteiger partial charge in [-0.15, -0.1) is 0 Å². The fourth-order valence-corrected chi connectivity index (χ4v) is 5.54. The molecule has 3 aromatic carbocycles. The first-order valence-electron chi connectivity index (χ1n) is 13.3. The van der Waals surface area contributed by atoms with E-state index in [0.29, 0.717) is 21.9 Å². The van der Waals surface area contributed by atoms with Gasteiger partial charge in [-0.3, -0.25) is 9.59 Å². The predicted octanol–water partition coefficient (Wildman–Crippen LogP) is 4.37. The van der Waals surface area contributed by atoms with Crippen molar-refractivity contribution in [2.24, 2.45) is 7.05 Å². The predicted molar refractivity (Wildman–Crippen MR) is 162 cm³/mol. The molecule has 0 bridgehead atoms. The van der Waals surface area contributed by atoms with Gasteiger partial charge in [-0.25, -0.2) is 27.9 Å². The van der Waals surface area contributed by atoms with Crippen LogP contribution in [0.3, 0.4) is 0 Å². The molecule has 2 aromatic heterocycles. The Balaban J connectivity index is 1.38. The van der Waals surface area contributed by atoms with E-state index in [0.717, 1.165) is 0 Å². The largest absolute Gasteiger partial charge is 0.448 e. The third-order valence-electron chi connectivity index (χ3n) is 6.70. The fraction of sp³-hybridized carbons (Fsp3) is 0.129. The lowest BCUT2D eigenvalue weighted by atomic mass is 9.97. The summed E-state index contributed by atoms with van der Waals surface area (Å²) in [5, 5.41) is 3.69. The molecule has 0 aliphatic rings. The quantitative estimate of drug-likeness (QED) is 0.238. The van der Waals surface area contributed by atoms with Gasteiger partial charge in [0.2, 0.25) is 5.95 Å². The second-order valence-electron chi connectivity index (χ2n) is 9.49. The molecule has 0 saturated carbocycles. The number of esters is 1. The van der Waals surface area contributed by atoms with E-state index in [2.05, 4.69) is 20.0 Å². The molecule has 218 valence electrons.